The second-order valence-corrected chi connectivity index (χ2v) is 8.43. The summed E-state index contributed by atoms with van der Waals surface area (Å²) < 4.78 is 5.55. The van der Waals surface area contributed by atoms with E-state index in [9.17, 15) is 4.79 Å². The van der Waals surface area contributed by atoms with Gasteiger partial charge in [-0.3, -0.25) is 4.98 Å². The van der Waals surface area contributed by atoms with E-state index in [0.29, 0.717) is 18.1 Å². The number of fused-ring (bicyclic) bond motifs is 1. The molecule has 1 aromatic heterocycles. The minimum atomic E-state index is 0.0535. The lowest BCUT2D eigenvalue weighted by Crippen LogP contribution is -2.53. The number of nitrogens with one attached hydrogen (secondary N) is 1. The quantitative estimate of drug-likeness (QED) is 0.766. The number of pyridine rings is 1. The van der Waals surface area contributed by atoms with Crippen molar-refractivity contribution in [3.05, 3.63) is 35.5 Å². The average Bonchev–Trinajstić information content (AvgIpc) is 2.98. The first kappa shape index (κ1) is 20.2. The molecule has 2 heterocycles. The molecule has 0 spiro atoms. The van der Waals surface area contributed by atoms with Crippen LogP contribution in [0.2, 0.25) is 5.02 Å². The Hall–Kier alpha value is -2.05. The van der Waals surface area contributed by atoms with Crippen LogP contribution < -0.4 is 10.2 Å². The Kier molecular flexibility index (Phi) is 6.40. The van der Waals surface area contributed by atoms with Crippen LogP contribution in [-0.2, 0) is 4.74 Å². The van der Waals surface area contributed by atoms with Crippen LogP contribution in [0.1, 0.15) is 32.1 Å². The minimum absolute atomic E-state index is 0.0535. The van der Waals surface area contributed by atoms with Gasteiger partial charge in [0.1, 0.15) is 0 Å². The highest BCUT2D eigenvalue weighted by Crippen LogP contribution is 2.28. The Morgan fingerprint density at radius 1 is 1.17 bits per heavy atom. The van der Waals surface area contributed by atoms with Crippen LogP contribution in [0, 0.1) is 0 Å². The van der Waals surface area contributed by atoms with Crippen LogP contribution in [-0.4, -0.2) is 61.3 Å². The molecule has 1 saturated carbocycles. The van der Waals surface area contributed by atoms with Crippen molar-refractivity contribution in [3.63, 3.8) is 0 Å². The number of nitrogens with zero attached hydrogens (tertiary/aromatic N) is 3. The third kappa shape index (κ3) is 4.75. The van der Waals surface area contributed by atoms with E-state index < -0.39 is 0 Å². The normalized spacial score (nSPS) is 23.1. The fourth-order valence-electron chi connectivity index (χ4n) is 4.46. The fourth-order valence-corrected chi connectivity index (χ4v) is 4.63. The minimum Gasteiger partial charge on any atom is -0.381 e. The van der Waals surface area contributed by atoms with E-state index in [-0.39, 0.29) is 18.2 Å². The smallest absolute Gasteiger partial charge is 0.317 e. The second kappa shape index (κ2) is 9.18. The monoisotopic (exact) mass is 416 g/mol. The maximum absolute atomic E-state index is 12.8. The van der Waals surface area contributed by atoms with Crippen molar-refractivity contribution in [2.75, 3.05) is 38.2 Å². The number of rotatable bonds is 3. The zero-order chi connectivity index (χ0) is 20.2. The number of carbonyl (C=O) groups excluding carboxylic acids is 1. The Labute approximate surface area is 177 Å². The van der Waals surface area contributed by atoms with Gasteiger partial charge in [0.2, 0.25) is 0 Å². The van der Waals surface area contributed by atoms with Gasteiger partial charge in [-0.05, 0) is 43.5 Å². The lowest BCUT2D eigenvalue weighted by Gasteiger charge is -2.37. The number of halogens is 1. The zero-order valence-corrected chi connectivity index (χ0v) is 17.7. The second-order valence-electron chi connectivity index (χ2n) is 7.99. The van der Waals surface area contributed by atoms with Gasteiger partial charge in [-0.1, -0.05) is 24.4 Å². The molecule has 29 heavy (non-hydrogen) atoms. The highest BCUT2D eigenvalue weighted by Gasteiger charge is 2.26. The number of amides is 2. The molecule has 2 unspecified atom stereocenters. The Bertz CT molecular complexity index is 854. The van der Waals surface area contributed by atoms with Crippen molar-refractivity contribution in [1.29, 1.82) is 0 Å². The summed E-state index contributed by atoms with van der Waals surface area (Å²) in [5.41, 5.74) is 2.05. The Morgan fingerprint density at radius 3 is 2.76 bits per heavy atom. The van der Waals surface area contributed by atoms with Crippen molar-refractivity contribution < 1.29 is 9.53 Å². The van der Waals surface area contributed by atoms with E-state index in [4.69, 9.17) is 16.3 Å². The van der Waals surface area contributed by atoms with Gasteiger partial charge >= 0.3 is 6.03 Å². The van der Waals surface area contributed by atoms with Gasteiger partial charge in [0.15, 0.2) is 0 Å². The number of urea groups is 1. The molecule has 1 aromatic carbocycles. The topological polar surface area (TPSA) is 57.7 Å². The van der Waals surface area contributed by atoms with Crippen LogP contribution >= 0.6 is 11.6 Å². The molecule has 4 rings (SSSR count). The molecule has 6 nitrogen and oxygen atoms in total. The zero-order valence-electron chi connectivity index (χ0n) is 16.9. The molecule has 2 amide bonds. The van der Waals surface area contributed by atoms with E-state index in [1.54, 1.807) is 7.11 Å². The molecule has 0 bridgehead atoms. The number of ether oxygens (including phenoxy) is 1. The molecule has 1 saturated heterocycles. The predicted molar refractivity (Wildman–Crippen MR) is 117 cm³/mol. The molecule has 2 aliphatic rings. The summed E-state index contributed by atoms with van der Waals surface area (Å²) >= 11 is 6.11. The van der Waals surface area contributed by atoms with Crippen molar-refractivity contribution in [3.8, 4) is 0 Å². The van der Waals surface area contributed by atoms with Crippen LogP contribution in [0.5, 0.6) is 0 Å². The summed E-state index contributed by atoms with van der Waals surface area (Å²) in [7, 11) is 1.77. The highest BCUT2D eigenvalue weighted by atomic mass is 35.5. The fraction of sp³-hybridized carbons (Fsp3) is 0.545. The standard InChI is InChI=1S/C22H29ClN4O2/c1-29-18-5-3-2-4-17(15-18)25-22(28)27-12-10-26(11-13-27)21-8-9-24-20-14-16(23)6-7-19(20)21/h6-9,14,17-18H,2-5,10-13,15H2,1H3,(H,25,28). The Morgan fingerprint density at radius 2 is 1.97 bits per heavy atom. The van der Waals surface area contributed by atoms with Crippen LogP contribution in [0.25, 0.3) is 10.9 Å². The molecule has 2 fully saturated rings. The van der Waals surface area contributed by atoms with Gasteiger partial charge in [0, 0.05) is 61.6 Å². The molecular formula is C22H29ClN4O2. The third-order valence-corrected chi connectivity index (χ3v) is 6.36. The molecule has 1 aliphatic heterocycles. The number of hydrogen-bond acceptors (Lipinski definition) is 4. The maximum atomic E-state index is 12.8. The van der Waals surface area contributed by atoms with E-state index in [2.05, 4.69) is 15.2 Å². The summed E-state index contributed by atoms with van der Waals surface area (Å²) in [6.07, 6.45) is 7.45. The maximum Gasteiger partial charge on any atom is 0.317 e. The first-order chi connectivity index (χ1) is 14.1. The lowest BCUT2D eigenvalue weighted by molar-refractivity contribution is 0.0834. The summed E-state index contributed by atoms with van der Waals surface area (Å²) in [5.74, 6) is 0. The van der Waals surface area contributed by atoms with E-state index >= 15 is 0 Å². The number of carbonyl (C=O) groups is 1. The number of piperazine rings is 1. The molecule has 2 atom stereocenters. The van der Waals surface area contributed by atoms with Gasteiger partial charge < -0.3 is 19.9 Å². The summed E-state index contributed by atoms with van der Waals surface area (Å²) in [5, 5.41) is 5.04. The van der Waals surface area contributed by atoms with E-state index in [1.165, 1.54) is 6.42 Å². The van der Waals surface area contributed by atoms with Gasteiger partial charge in [-0.2, -0.15) is 0 Å². The van der Waals surface area contributed by atoms with Crippen LogP contribution in [0.4, 0.5) is 10.5 Å². The molecule has 7 heteroatoms. The molecule has 1 aliphatic carbocycles. The van der Waals surface area contributed by atoms with Crippen molar-refractivity contribution >= 4 is 34.2 Å². The summed E-state index contributed by atoms with van der Waals surface area (Å²) in [6.45, 7) is 3.04. The average molecular weight is 417 g/mol. The Balaban J connectivity index is 1.36. The predicted octanol–water partition coefficient (Wildman–Crippen LogP) is 4.07. The van der Waals surface area contributed by atoms with Crippen LogP contribution in [0.15, 0.2) is 30.5 Å². The number of hydrogen-bond donors (Lipinski definition) is 1. The summed E-state index contributed by atoms with van der Waals surface area (Å²) in [6, 6.07) is 8.13. The largest absolute Gasteiger partial charge is 0.381 e. The van der Waals surface area contributed by atoms with Crippen molar-refractivity contribution in [1.82, 2.24) is 15.2 Å². The van der Waals surface area contributed by atoms with Crippen molar-refractivity contribution in [2.24, 2.45) is 0 Å². The molecular weight excluding hydrogens is 388 g/mol. The third-order valence-electron chi connectivity index (χ3n) is 6.13. The number of benzene rings is 1. The van der Waals surface area contributed by atoms with Gasteiger partial charge in [-0.15, -0.1) is 0 Å². The van der Waals surface area contributed by atoms with Crippen molar-refractivity contribution in [2.45, 2.75) is 44.2 Å². The van der Waals surface area contributed by atoms with Gasteiger partial charge in [0.25, 0.3) is 0 Å². The first-order valence-electron chi connectivity index (χ1n) is 10.5. The van der Waals surface area contributed by atoms with Gasteiger partial charge in [-0.25, -0.2) is 4.79 Å². The molecule has 156 valence electrons. The highest BCUT2D eigenvalue weighted by molar-refractivity contribution is 6.31. The van der Waals surface area contributed by atoms with Gasteiger partial charge in [0.05, 0.1) is 11.6 Å². The number of methoxy groups -OCH3 is 1. The number of aromatic nitrogens is 1. The van der Waals surface area contributed by atoms with E-state index in [0.717, 1.165) is 55.4 Å². The first-order valence-corrected chi connectivity index (χ1v) is 10.9. The lowest BCUT2D eigenvalue weighted by atomic mass is 10.1. The molecule has 2 aromatic rings. The number of anilines is 1. The molecule has 0 radical (unpaired) electrons. The SMILES string of the molecule is COC1CCCCC(NC(=O)N2CCN(c3ccnc4cc(Cl)ccc34)CC2)C1. The molecule has 1 N–H and O–H groups in total. The summed E-state index contributed by atoms with van der Waals surface area (Å²) in [4.78, 5) is 21.5. The van der Waals surface area contributed by atoms with Crippen LogP contribution in [0.3, 0.4) is 0 Å². The van der Waals surface area contributed by atoms with E-state index in [1.807, 2.05) is 35.4 Å².